The van der Waals surface area contributed by atoms with Crippen LogP contribution in [0.1, 0.15) is 30.0 Å². The van der Waals surface area contributed by atoms with Crippen LogP contribution in [0.4, 0.5) is 14.7 Å². The van der Waals surface area contributed by atoms with Gasteiger partial charge < -0.3 is 9.64 Å². The second-order valence-corrected chi connectivity index (χ2v) is 7.42. The van der Waals surface area contributed by atoms with Crippen LogP contribution in [0.15, 0.2) is 29.1 Å². The number of halogens is 2. The van der Waals surface area contributed by atoms with Crippen molar-refractivity contribution < 1.29 is 13.5 Å². The van der Waals surface area contributed by atoms with Crippen molar-refractivity contribution in [3.8, 4) is 0 Å². The molecule has 28 heavy (non-hydrogen) atoms. The first-order valence-corrected chi connectivity index (χ1v) is 9.69. The van der Waals surface area contributed by atoms with Gasteiger partial charge in [0.25, 0.3) is 5.56 Å². The average Bonchev–Trinajstić information content (AvgIpc) is 2.71. The third-order valence-electron chi connectivity index (χ3n) is 5.37. The SMILES string of the molecule is O=c1cc(C2CCCN(Cc3ccc(F)c(F)c3)C2)nc(N2CCOCC2)[nH]1. The zero-order chi connectivity index (χ0) is 19.5. The minimum atomic E-state index is -0.830. The summed E-state index contributed by atoms with van der Waals surface area (Å²) in [5, 5.41) is 0. The number of hydrogen-bond donors (Lipinski definition) is 1. The minimum absolute atomic E-state index is 0.140. The molecule has 4 rings (SSSR count). The first-order chi connectivity index (χ1) is 13.6. The van der Waals surface area contributed by atoms with E-state index in [0.29, 0.717) is 38.8 Å². The van der Waals surface area contributed by atoms with E-state index in [1.54, 1.807) is 12.1 Å². The summed E-state index contributed by atoms with van der Waals surface area (Å²) in [7, 11) is 0. The molecule has 0 bridgehead atoms. The Morgan fingerprint density at radius 2 is 1.96 bits per heavy atom. The van der Waals surface area contributed by atoms with Crippen molar-refractivity contribution in [2.45, 2.75) is 25.3 Å². The van der Waals surface area contributed by atoms with Crippen molar-refractivity contribution in [3.63, 3.8) is 0 Å². The number of morpholine rings is 1. The lowest BCUT2D eigenvalue weighted by molar-refractivity contribution is 0.122. The van der Waals surface area contributed by atoms with Gasteiger partial charge in [-0.3, -0.25) is 14.7 Å². The van der Waals surface area contributed by atoms with Gasteiger partial charge >= 0.3 is 0 Å². The zero-order valence-corrected chi connectivity index (χ0v) is 15.7. The number of nitrogens with zero attached hydrogens (tertiary/aromatic N) is 3. The van der Waals surface area contributed by atoms with E-state index in [0.717, 1.165) is 37.2 Å². The Kier molecular flexibility index (Phi) is 5.68. The predicted molar refractivity (Wildman–Crippen MR) is 101 cm³/mol. The highest BCUT2D eigenvalue weighted by atomic mass is 19.2. The lowest BCUT2D eigenvalue weighted by atomic mass is 9.94. The number of aromatic nitrogens is 2. The summed E-state index contributed by atoms with van der Waals surface area (Å²) in [5.74, 6) is -0.911. The molecule has 2 aromatic rings. The zero-order valence-electron chi connectivity index (χ0n) is 15.7. The van der Waals surface area contributed by atoms with Gasteiger partial charge in [-0.25, -0.2) is 13.8 Å². The Labute approximate surface area is 162 Å². The van der Waals surface area contributed by atoms with Crippen molar-refractivity contribution in [1.82, 2.24) is 14.9 Å². The van der Waals surface area contributed by atoms with Crippen LogP contribution >= 0.6 is 0 Å². The van der Waals surface area contributed by atoms with Crippen molar-refractivity contribution in [3.05, 3.63) is 57.5 Å². The van der Waals surface area contributed by atoms with Gasteiger partial charge in [0.05, 0.1) is 18.9 Å². The molecule has 0 amide bonds. The third-order valence-corrected chi connectivity index (χ3v) is 5.37. The van der Waals surface area contributed by atoms with Gasteiger partial charge in [-0.15, -0.1) is 0 Å². The van der Waals surface area contributed by atoms with Crippen LogP contribution in [0.2, 0.25) is 0 Å². The van der Waals surface area contributed by atoms with Gasteiger partial charge in [0.15, 0.2) is 11.6 Å². The van der Waals surface area contributed by atoms with Gasteiger partial charge in [0.1, 0.15) is 0 Å². The first-order valence-electron chi connectivity index (χ1n) is 9.69. The van der Waals surface area contributed by atoms with E-state index >= 15 is 0 Å². The number of hydrogen-bond acceptors (Lipinski definition) is 5. The molecule has 1 unspecified atom stereocenters. The van der Waals surface area contributed by atoms with E-state index in [4.69, 9.17) is 9.72 Å². The van der Waals surface area contributed by atoms with E-state index in [9.17, 15) is 13.6 Å². The van der Waals surface area contributed by atoms with Crippen molar-refractivity contribution >= 4 is 5.95 Å². The fraction of sp³-hybridized carbons (Fsp3) is 0.500. The Balaban J connectivity index is 1.48. The number of H-pyrrole nitrogens is 1. The Hall–Kier alpha value is -2.32. The molecular formula is C20H24F2N4O2. The lowest BCUT2D eigenvalue weighted by Crippen LogP contribution is -2.39. The predicted octanol–water partition coefficient (Wildman–Crippen LogP) is 2.26. The summed E-state index contributed by atoms with van der Waals surface area (Å²) in [4.78, 5) is 24.0. The van der Waals surface area contributed by atoms with Crippen molar-refractivity contribution in [2.24, 2.45) is 0 Å². The first kappa shape index (κ1) is 19.0. The lowest BCUT2D eigenvalue weighted by Gasteiger charge is -2.33. The molecule has 1 atom stereocenters. The van der Waals surface area contributed by atoms with Crippen LogP contribution < -0.4 is 10.5 Å². The summed E-state index contributed by atoms with van der Waals surface area (Å²) in [6, 6.07) is 5.61. The second-order valence-electron chi connectivity index (χ2n) is 7.42. The molecule has 0 radical (unpaired) electrons. The highest BCUT2D eigenvalue weighted by molar-refractivity contribution is 5.32. The molecule has 2 aliphatic rings. The highest BCUT2D eigenvalue weighted by Gasteiger charge is 2.24. The van der Waals surface area contributed by atoms with E-state index < -0.39 is 11.6 Å². The fourth-order valence-corrected chi connectivity index (χ4v) is 3.93. The summed E-state index contributed by atoms with van der Waals surface area (Å²) in [6.07, 6.45) is 1.92. The molecule has 8 heteroatoms. The third kappa shape index (κ3) is 4.39. The van der Waals surface area contributed by atoms with E-state index in [1.807, 2.05) is 4.90 Å². The van der Waals surface area contributed by atoms with Crippen LogP contribution in [0.5, 0.6) is 0 Å². The van der Waals surface area contributed by atoms with Gasteiger partial charge in [-0.2, -0.15) is 0 Å². The molecule has 2 saturated heterocycles. The van der Waals surface area contributed by atoms with E-state index in [2.05, 4.69) is 9.88 Å². The van der Waals surface area contributed by atoms with Gasteiger partial charge in [0.2, 0.25) is 5.95 Å². The Morgan fingerprint density at radius 3 is 2.75 bits per heavy atom. The highest BCUT2D eigenvalue weighted by Crippen LogP contribution is 2.27. The Bertz CT molecular complexity index is 883. The van der Waals surface area contributed by atoms with Gasteiger partial charge in [-0.05, 0) is 37.1 Å². The van der Waals surface area contributed by atoms with Gasteiger partial charge in [0, 0.05) is 38.2 Å². The molecule has 2 fully saturated rings. The number of ether oxygens (including phenoxy) is 1. The average molecular weight is 390 g/mol. The van der Waals surface area contributed by atoms with Gasteiger partial charge in [-0.1, -0.05) is 6.07 Å². The maximum atomic E-state index is 13.5. The number of anilines is 1. The quantitative estimate of drug-likeness (QED) is 0.868. The normalized spacial score (nSPS) is 21.1. The largest absolute Gasteiger partial charge is 0.378 e. The molecule has 3 heterocycles. The van der Waals surface area contributed by atoms with Crippen LogP contribution in [0.25, 0.3) is 0 Å². The molecule has 0 aliphatic carbocycles. The summed E-state index contributed by atoms with van der Waals surface area (Å²) in [5.41, 5.74) is 1.39. The van der Waals surface area contributed by atoms with E-state index in [-0.39, 0.29) is 11.5 Å². The number of benzene rings is 1. The second kappa shape index (κ2) is 8.36. The molecule has 0 saturated carbocycles. The molecule has 150 valence electrons. The summed E-state index contributed by atoms with van der Waals surface area (Å²) < 4.78 is 32.0. The molecule has 2 aliphatic heterocycles. The monoisotopic (exact) mass is 390 g/mol. The molecule has 1 aromatic carbocycles. The van der Waals surface area contributed by atoms with E-state index in [1.165, 1.54) is 12.1 Å². The van der Waals surface area contributed by atoms with Crippen LogP contribution in [-0.2, 0) is 11.3 Å². The van der Waals surface area contributed by atoms with Crippen LogP contribution in [0.3, 0.4) is 0 Å². The topological polar surface area (TPSA) is 61.5 Å². The smallest absolute Gasteiger partial charge is 0.252 e. The number of aromatic amines is 1. The fourth-order valence-electron chi connectivity index (χ4n) is 3.93. The maximum absolute atomic E-state index is 13.5. The number of piperidine rings is 1. The molecule has 1 N–H and O–H groups in total. The standard InChI is InChI=1S/C20H24F2N4O2/c21-16-4-3-14(10-17(16)22)12-25-5-1-2-15(13-25)18-11-19(27)24-20(23-18)26-6-8-28-9-7-26/h3-4,10-11,15H,1-2,5-9,12-13H2,(H,23,24,27). The Morgan fingerprint density at radius 1 is 1.14 bits per heavy atom. The van der Waals surface area contributed by atoms with Crippen molar-refractivity contribution in [1.29, 1.82) is 0 Å². The summed E-state index contributed by atoms with van der Waals surface area (Å²) >= 11 is 0. The number of rotatable bonds is 4. The molecular weight excluding hydrogens is 366 g/mol. The van der Waals surface area contributed by atoms with Crippen LogP contribution in [-0.4, -0.2) is 54.3 Å². The maximum Gasteiger partial charge on any atom is 0.252 e. The number of nitrogens with one attached hydrogen (secondary N) is 1. The minimum Gasteiger partial charge on any atom is -0.378 e. The van der Waals surface area contributed by atoms with Crippen LogP contribution in [0, 0.1) is 11.6 Å². The van der Waals surface area contributed by atoms with Crippen molar-refractivity contribution in [2.75, 3.05) is 44.3 Å². The number of likely N-dealkylation sites (tertiary alicyclic amines) is 1. The molecule has 1 aromatic heterocycles. The molecule has 6 nitrogen and oxygen atoms in total. The summed E-state index contributed by atoms with van der Waals surface area (Å²) in [6.45, 7) is 4.83. The molecule has 0 spiro atoms.